The second-order valence-electron chi connectivity index (χ2n) is 15.7. The zero-order valence-electron chi connectivity index (χ0n) is 26.6. The lowest BCUT2D eigenvalue weighted by atomic mass is 9.70. The summed E-state index contributed by atoms with van der Waals surface area (Å²) in [6.07, 6.45) is 6.74. The van der Waals surface area contributed by atoms with E-state index in [-0.39, 0.29) is 28.3 Å². The number of aromatic nitrogens is 1. The highest BCUT2D eigenvalue weighted by molar-refractivity contribution is 6.74. The van der Waals surface area contributed by atoms with Crippen LogP contribution in [0.2, 0.25) is 18.1 Å². The van der Waals surface area contributed by atoms with Gasteiger partial charge in [-0.25, -0.2) is 0 Å². The maximum absolute atomic E-state index is 7.36. The summed E-state index contributed by atoms with van der Waals surface area (Å²) in [7, 11) is -2.01. The summed E-state index contributed by atoms with van der Waals surface area (Å²) in [6.45, 7) is 25.9. The normalized spacial score (nSPS) is 24.0. The second kappa shape index (κ2) is 9.81. The third kappa shape index (κ3) is 5.08. The van der Waals surface area contributed by atoms with E-state index in [9.17, 15) is 0 Å². The Morgan fingerprint density at radius 3 is 2.10 bits per heavy atom. The lowest BCUT2D eigenvalue weighted by Gasteiger charge is -2.45. The van der Waals surface area contributed by atoms with Crippen molar-refractivity contribution >= 4 is 8.32 Å². The highest BCUT2D eigenvalue weighted by Crippen LogP contribution is 2.60. The van der Waals surface area contributed by atoms with Gasteiger partial charge >= 0.3 is 0 Å². The predicted octanol–water partition coefficient (Wildman–Crippen LogP) is 10.3. The molecule has 214 valence electrons. The van der Waals surface area contributed by atoms with Gasteiger partial charge in [0.15, 0.2) is 8.32 Å². The Kier molecular flexibility index (Phi) is 7.30. The van der Waals surface area contributed by atoms with Crippen LogP contribution in [0, 0.1) is 5.41 Å². The molecule has 2 heterocycles. The minimum atomic E-state index is -2.01. The molecule has 5 rings (SSSR count). The first kappa shape index (κ1) is 29.0. The van der Waals surface area contributed by atoms with E-state index in [1.54, 1.807) is 0 Å². The first-order valence-electron chi connectivity index (χ1n) is 15.6. The van der Waals surface area contributed by atoms with E-state index in [0.717, 1.165) is 25.7 Å². The number of hydrogen-bond donors (Lipinski definition) is 0. The van der Waals surface area contributed by atoms with Crippen molar-refractivity contribution in [3.63, 3.8) is 0 Å². The molecular weight excluding hydrogens is 494 g/mol. The molecule has 1 aromatic heterocycles. The summed E-state index contributed by atoms with van der Waals surface area (Å²) < 4.78 is 14.7. The Labute approximate surface area is 239 Å². The molecule has 39 heavy (non-hydrogen) atoms. The fourth-order valence-corrected chi connectivity index (χ4v) is 8.34. The number of nitrogens with zero attached hydrogens (tertiary/aromatic N) is 1. The van der Waals surface area contributed by atoms with Crippen LogP contribution in [0.1, 0.15) is 158 Å². The SMILES string of the molecule is CC(C)c1ccc([C@H]2OC3(CCCC3)c3c2c(C(C)C)nc2c3[C@@H](O[Si](C)(C)C(C)(C)C)CC(C)(C)C2)cc1. The van der Waals surface area contributed by atoms with Crippen LogP contribution in [0.15, 0.2) is 24.3 Å². The van der Waals surface area contributed by atoms with E-state index in [0.29, 0.717) is 11.8 Å². The summed E-state index contributed by atoms with van der Waals surface area (Å²) in [4.78, 5) is 5.55. The zero-order chi connectivity index (χ0) is 28.5. The van der Waals surface area contributed by atoms with E-state index in [2.05, 4.69) is 99.7 Å². The minimum Gasteiger partial charge on any atom is -0.410 e. The molecule has 4 heteroatoms. The number of hydrogen-bond acceptors (Lipinski definition) is 3. The van der Waals surface area contributed by atoms with Gasteiger partial charge in [0, 0.05) is 22.5 Å². The second-order valence-corrected chi connectivity index (χ2v) is 20.5. The molecule has 1 aliphatic heterocycles. The standard InChI is InChI=1S/C35H53NO2Si/c1-22(2)24-14-16-25(17-15-24)32-29-30(35(37-32)18-12-13-19-35)28-26(36-31(29)23(3)4)20-34(8,9)21-27(28)38-39(10,11)33(5,6)7/h14-17,22-23,27,32H,12-13,18-21H2,1-11H3/t27-,32+/m0/s1. The van der Waals surface area contributed by atoms with Gasteiger partial charge in [-0.1, -0.05) is 99.4 Å². The quantitative estimate of drug-likeness (QED) is 0.349. The van der Waals surface area contributed by atoms with E-state index < -0.39 is 8.32 Å². The fourth-order valence-electron chi connectivity index (χ4n) is 7.07. The van der Waals surface area contributed by atoms with Crippen LogP contribution in [0.25, 0.3) is 0 Å². The maximum Gasteiger partial charge on any atom is 0.192 e. The summed E-state index contributed by atoms with van der Waals surface area (Å²) in [5.74, 6) is 0.861. The van der Waals surface area contributed by atoms with Crippen LogP contribution in [0.3, 0.4) is 0 Å². The average molecular weight is 548 g/mol. The highest BCUT2D eigenvalue weighted by Gasteiger charge is 2.54. The van der Waals surface area contributed by atoms with E-state index in [1.165, 1.54) is 52.0 Å². The van der Waals surface area contributed by atoms with E-state index >= 15 is 0 Å². The Balaban J connectivity index is 1.75. The molecule has 0 saturated heterocycles. The number of rotatable bonds is 5. The van der Waals surface area contributed by atoms with Crippen molar-refractivity contribution in [2.75, 3.05) is 0 Å². The van der Waals surface area contributed by atoms with Gasteiger partial charge in [-0.2, -0.15) is 0 Å². The Morgan fingerprint density at radius 1 is 0.949 bits per heavy atom. The minimum absolute atomic E-state index is 0.0574. The molecule has 0 unspecified atom stereocenters. The van der Waals surface area contributed by atoms with Gasteiger partial charge < -0.3 is 9.16 Å². The predicted molar refractivity (Wildman–Crippen MR) is 165 cm³/mol. The van der Waals surface area contributed by atoms with Crippen molar-refractivity contribution in [3.8, 4) is 0 Å². The summed E-state index contributed by atoms with van der Waals surface area (Å²) >= 11 is 0. The number of benzene rings is 1. The average Bonchev–Trinajstić information content (AvgIpc) is 3.42. The highest BCUT2D eigenvalue weighted by atomic mass is 28.4. The van der Waals surface area contributed by atoms with Crippen LogP contribution in [-0.4, -0.2) is 13.3 Å². The Bertz CT molecular complexity index is 1210. The van der Waals surface area contributed by atoms with Crippen LogP contribution in [0.5, 0.6) is 0 Å². The molecule has 2 atom stereocenters. The molecule has 0 N–H and O–H groups in total. The molecular formula is C35H53NO2Si. The topological polar surface area (TPSA) is 31.4 Å². The van der Waals surface area contributed by atoms with Crippen molar-refractivity contribution in [3.05, 3.63) is 63.5 Å². The summed E-state index contributed by atoms with van der Waals surface area (Å²) in [5.41, 5.74) is 9.36. The largest absolute Gasteiger partial charge is 0.410 e. The molecule has 1 saturated carbocycles. The van der Waals surface area contributed by atoms with Crippen LogP contribution >= 0.6 is 0 Å². The fraction of sp³-hybridized carbons (Fsp3) is 0.686. The number of ether oxygens (including phenoxy) is 1. The lowest BCUT2D eigenvalue weighted by molar-refractivity contribution is -0.0579. The first-order chi connectivity index (χ1) is 18.1. The maximum atomic E-state index is 7.36. The summed E-state index contributed by atoms with van der Waals surface area (Å²) in [6, 6.07) is 9.23. The van der Waals surface area contributed by atoms with Gasteiger partial charge in [0.1, 0.15) is 6.10 Å². The molecule has 2 aromatic rings. The van der Waals surface area contributed by atoms with Gasteiger partial charge in [0.25, 0.3) is 0 Å². The van der Waals surface area contributed by atoms with Gasteiger partial charge in [-0.3, -0.25) is 4.98 Å². The molecule has 1 aromatic carbocycles. The van der Waals surface area contributed by atoms with Gasteiger partial charge in [0.2, 0.25) is 0 Å². The first-order valence-corrected chi connectivity index (χ1v) is 18.5. The monoisotopic (exact) mass is 547 g/mol. The molecule has 3 aliphatic rings. The van der Waals surface area contributed by atoms with E-state index in [4.69, 9.17) is 14.1 Å². The summed E-state index contributed by atoms with van der Waals surface area (Å²) in [5, 5.41) is 0.158. The Morgan fingerprint density at radius 2 is 1.56 bits per heavy atom. The van der Waals surface area contributed by atoms with Crippen molar-refractivity contribution in [1.82, 2.24) is 4.98 Å². The molecule has 0 amide bonds. The van der Waals surface area contributed by atoms with Gasteiger partial charge in [0.05, 0.1) is 11.7 Å². The Hall–Kier alpha value is -1.49. The van der Waals surface area contributed by atoms with Crippen molar-refractivity contribution in [2.24, 2.45) is 5.41 Å². The zero-order valence-corrected chi connectivity index (χ0v) is 27.6. The molecule has 0 radical (unpaired) electrons. The number of pyridine rings is 1. The van der Waals surface area contributed by atoms with Gasteiger partial charge in [-0.05, 0) is 77.8 Å². The van der Waals surface area contributed by atoms with Crippen LogP contribution < -0.4 is 0 Å². The van der Waals surface area contributed by atoms with Crippen molar-refractivity contribution < 1.29 is 9.16 Å². The van der Waals surface area contributed by atoms with Crippen LogP contribution in [-0.2, 0) is 21.2 Å². The lowest BCUT2D eigenvalue weighted by Crippen LogP contribution is -2.44. The van der Waals surface area contributed by atoms with Crippen LogP contribution in [0.4, 0.5) is 0 Å². The molecule has 0 bridgehead atoms. The van der Waals surface area contributed by atoms with E-state index in [1.807, 2.05) is 0 Å². The third-order valence-electron chi connectivity index (χ3n) is 10.3. The third-order valence-corrected chi connectivity index (χ3v) is 14.7. The molecule has 1 fully saturated rings. The molecule has 3 nitrogen and oxygen atoms in total. The molecule has 2 aliphatic carbocycles. The van der Waals surface area contributed by atoms with Gasteiger partial charge in [-0.15, -0.1) is 0 Å². The number of fused-ring (bicyclic) bond motifs is 4. The van der Waals surface area contributed by atoms with Crippen molar-refractivity contribution in [2.45, 2.75) is 149 Å². The van der Waals surface area contributed by atoms with Crippen molar-refractivity contribution in [1.29, 1.82) is 0 Å². The smallest absolute Gasteiger partial charge is 0.192 e. The molecule has 1 spiro atoms.